The highest BCUT2D eigenvalue weighted by Crippen LogP contribution is 2.30. The second-order valence-corrected chi connectivity index (χ2v) is 4.58. The Balaban J connectivity index is 1.93. The van der Waals surface area contributed by atoms with Gasteiger partial charge < -0.3 is 19.5 Å². The topological polar surface area (TPSA) is 56.8 Å². The molecule has 1 aromatic rings. The van der Waals surface area contributed by atoms with Gasteiger partial charge >= 0.3 is 0 Å². The van der Waals surface area contributed by atoms with Gasteiger partial charge in [-0.2, -0.15) is 0 Å². The van der Waals surface area contributed by atoms with Crippen molar-refractivity contribution in [2.24, 2.45) is 0 Å². The number of benzene rings is 1. The van der Waals surface area contributed by atoms with Crippen molar-refractivity contribution in [3.8, 4) is 11.5 Å². The number of amides is 1. The van der Waals surface area contributed by atoms with Crippen LogP contribution in [0.1, 0.15) is 12.5 Å². The predicted octanol–water partition coefficient (Wildman–Crippen LogP) is 1.15. The van der Waals surface area contributed by atoms with Gasteiger partial charge in [-0.15, -0.1) is 0 Å². The second-order valence-electron chi connectivity index (χ2n) is 4.58. The first kappa shape index (κ1) is 13.7. The third-order valence-electron chi connectivity index (χ3n) is 2.80. The molecule has 1 amide bonds. The summed E-state index contributed by atoms with van der Waals surface area (Å²) in [6.07, 6.45) is 0.324. The first-order chi connectivity index (χ1) is 9.19. The van der Waals surface area contributed by atoms with Crippen LogP contribution in [0.2, 0.25) is 0 Å². The maximum absolute atomic E-state index is 11.8. The molecule has 0 aromatic heterocycles. The first-order valence-electron chi connectivity index (χ1n) is 6.36. The lowest BCUT2D eigenvalue weighted by Crippen LogP contribution is -2.36. The highest BCUT2D eigenvalue weighted by atomic mass is 16.6. The number of nitrogens with one attached hydrogen (secondary N) is 1. The Kier molecular flexibility index (Phi) is 4.63. The summed E-state index contributed by atoms with van der Waals surface area (Å²) in [4.78, 5) is 11.8. The van der Waals surface area contributed by atoms with Crippen LogP contribution in [0.15, 0.2) is 18.2 Å². The van der Waals surface area contributed by atoms with Crippen LogP contribution >= 0.6 is 0 Å². The van der Waals surface area contributed by atoms with Crippen LogP contribution in [0.25, 0.3) is 0 Å². The maximum atomic E-state index is 11.8. The molecule has 1 aliphatic rings. The molecule has 5 nitrogen and oxygen atoms in total. The summed E-state index contributed by atoms with van der Waals surface area (Å²) in [6.45, 7) is 3.53. The largest absolute Gasteiger partial charge is 0.486 e. The Morgan fingerprint density at radius 2 is 2.11 bits per heavy atom. The quantitative estimate of drug-likeness (QED) is 0.867. The molecule has 0 fully saturated rings. The summed E-state index contributed by atoms with van der Waals surface area (Å²) in [5.74, 6) is 1.42. The number of ether oxygens (including phenoxy) is 3. The van der Waals surface area contributed by atoms with Crippen LogP contribution in [-0.4, -0.2) is 38.9 Å². The molecule has 0 unspecified atom stereocenters. The normalized spacial score (nSPS) is 14.8. The molecule has 1 aliphatic heterocycles. The molecule has 5 heteroatoms. The average molecular weight is 265 g/mol. The van der Waals surface area contributed by atoms with E-state index in [0.29, 0.717) is 32.0 Å². The Morgan fingerprint density at radius 1 is 1.37 bits per heavy atom. The molecule has 0 radical (unpaired) electrons. The molecule has 19 heavy (non-hydrogen) atoms. The fraction of sp³-hybridized carbons (Fsp3) is 0.500. The zero-order valence-electron chi connectivity index (χ0n) is 11.3. The number of fused-ring (bicyclic) bond motifs is 1. The van der Waals surface area contributed by atoms with Gasteiger partial charge in [0.25, 0.3) is 0 Å². The predicted molar refractivity (Wildman–Crippen MR) is 70.6 cm³/mol. The van der Waals surface area contributed by atoms with Crippen LogP contribution in [0.5, 0.6) is 11.5 Å². The highest BCUT2D eigenvalue weighted by Gasteiger charge is 2.13. The number of carbonyl (C=O) groups is 1. The van der Waals surface area contributed by atoms with Crippen molar-refractivity contribution in [1.82, 2.24) is 5.32 Å². The first-order valence-corrected chi connectivity index (χ1v) is 6.36. The summed E-state index contributed by atoms with van der Waals surface area (Å²) in [7, 11) is 1.61. The minimum absolute atomic E-state index is 0.00899. The van der Waals surface area contributed by atoms with E-state index in [1.807, 2.05) is 25.1 Å². The summed E-state index contributed by atoms with van der Waals surface area (Å²) >= 11 is 0. The summed E-state index contributed by atoms with van der Waals surface area (Å²) in [6, 6.07) is 5.59. The molecule has 1 N–H and O–H groups in total. The molecule has 0 aliphatic carbocycles. The van der Waals surface area contributed by atoms with Gasteiger partial charge in [-0.1, -0.05) is 6.07 Å². The lowest BCUT2D eigenvalue weighted by Gasteiger charge is -2.19. The lowest BCUT2D eigenvalue weighted by molar-refractivity contribution is -0.121. The fourth-order valence-electron chi connectivity index (χ4n) is 2.00. The van der Waals surface area contributed by atoms with Gasteiger partial charge in [-0.05, 0) is 24.6 Å². The number of methoxy groups -OCH3 is 1. The van der Waals surface area contributed by atoms with Crippen LogP contribution < -0.4 is 14.8 Å². The molecule has 1 heterocycles. The Bertz CT molecular complexity index is 447. The van der Waals surface area contributed by atoms with Crippen LogP contribution in [0.4, 0.5) is 0 Å². The van der Waals surface area contributed by atoms with Gasteiger partial charge in [0.2, 0.25) is 5.91 Å². The van der Waals surface area contributed by atoms with Crippen molar-refractivity contribution in [3.05, 3.63) is 23.8 Å². The van der Waals surface area contributed by atoms with Crippen LogP contribution in [0.3, 0.4) is 0 Å². The molecule has 1 atom stereocenters. The number of carbonyl (C=O) groups excluding carboxylic acids is 1. The molecular weight excluding hydrogens is 246 g/mol. The number of rotatable bonds is 5. The van der Waals surface area contributed by atoms with E-state index in [1.54, 1.807) is 7.11 Å². The highest BCUT2D eigenvalue weighted by molar-refractivity contribution is 5.79. The van der Waals surface area contributed by atoms with E-state index in [4.69, 9.17) is 14.2 Å². The zero-order valence-corrected chi connectivity index (χ0v) is 11.3. The van der Waals surface area contributed by atoms with Crippen LogP contribution in [-0.2, 0) is 16.0 Å². The van der Waals surface area contributed by atoms with Gasteiger partial charge in [0.1, 0.15) is 13.2 Å². The maximum Gasteiger partial charge on any atom is 0.224 e. The summed E-state index contributed by atoms with van der Waals surface area (Å²) < 4.78 is 15.9. The smallest absolute Gasteiger partial charge is 0.224 e. The van der Waals surface area contributed by atoms with Crippen molar-refractivity contribution in [1.29, 1.82) is 0 Å². The van der Waals surface area contributed by atoms with Crippen molar-refractivity contribution in [3.63, 3.8) is 0 Å². The molecule has 104 valence electrons. The van der Waals surface area contributed by atoms with E-state index < -0.39 is 0 Å². The van der Waals surface area contributed by atoms with Gasteiger partial charge in [0.15, 0.2) is 11.5 Å². The molecule has 0 bridgehead atoms. The molecular formula is C14H19NO4. The average Bonchev–Trinajstić information content (AvgIpc) is 2.38. The lowest BCUT2D eigenvalue weighted by atomic mass is 10.1. The molecule has 0 saturated carbocycles. The number of hydrogen-bond donors (Lipinski definition) is 1. The van der Waals surface area contributed by atoms with Crippen molar-refractivity contribution >= 4 is 5.91 Å². The van der Waals surface area contributed by atoms with E-state index >= 15 is 0 Å². The van der Waals surface area contributed by atoms with Crippen molar-refractivity contribution in [2.45, 2.75) is 19.4 Å². The third kappa shape index (κ3) is 3.86. The second kappa shape index (κ2) is 6.43. The summed E-state index contributed by atoms with van der Waals surface area (Å²) in [5.41, 5.74) is 0.909. The van der Waals surface area contributed by atoms with Crippen molar-refractivity contribution in [2.75, 3.05) is 26.9 Å². The van der Waals surface area contributed by atoms with Crippen LogP contribution in [0, 0.1) is 0 Å². The Labute approximate surface area is 112 Å². The van der Waals surface area contributed by atoms with Gasteiger partial charge in [0, 0.05) is 13.2 Å². The molecule has 0 spiro atoms. The molecule has 0 saturated heterocycles. The monoisotopic (exact) mass is 265 g/mol. The van der Waals surface area contributed by atoms with E-state index in [1.165, 1.54) is 0 Å². The summed E-state index contributed by atoms with van der Waals surface area (Å²) in [5, 5.41) is 2.87. The zero-order chi connectivity index (χ0) is 13.7. The Morgan fingerprint density at radius 3 is 2.84 bits per heavy atom. The number of hydrogen-bond acceptors (Lipinski definition) is 4. The fourth-order valence-corrected chi connectivity index (χ4v) is 2.00. The molecule has 2 rings (SSSR count). The van der Waals surface area contributed by atoms with E-state index in [-0.39, 0.29) is 11.9 Å². The van der Waals surface area contributed by atoms with E-state index in [0.717, 1.165) is 11.3 Å². The molecule has 1 aromatic carbocycles. The Hall–Kier alpha value is -1.75. The van der Waals surface area contributed by atoms with Crippen molar-refractivity contribution < 1.29 is 19.0 Å². The minimum Gasteiger partial charge on any atom is -0.486 e. The SMILES string of the molecule is COC[C@H](C)NC(=O)Cc1ccc2c(c1)OCCO2. The standard InChI is InChI=1S/C14H19NO4/c1-10(9-17-2)15-14(16)8-11-3-4-12-13(7-11)19-6-5-18-12/h3-4,7,10H,5-6,8-9H2,1-2H3,(H,15,16)/t10-/m0/s1. The van der Waals surface area contributed by atoms with E-state index in [2.05, 4.69) is 5.32 Å². The van der Waals surface area contributed by atoms with Gasteiger partial charge in [-0.25, -0.2) is 0 Å². The van der Waals surface area contributed by atoms with Gasteiger partial charge in [0.05, 0.1) is 13.0 Å². The minimum atomic E-state index is -0.0266. The van der Waals surface area contributed by atoms with E-state index in [9.17, 15) is 4.79 Å². The third-order valence-corrected chi connectivity index (χ3v) is 2.80. The van der Waals surface area contributed by atoms with Gasteiger partial charge in [-0.3, -0.25) is 4.79 Å².